The summed E-state index contributed by atoms with van der Waals surface area (Å²) >= 11 is 6.81. The quantitative estimate of drug-likeness (QED) is 0.194. The molecule has 0 atom stereocenters. The maximum Gasteiger partial charge on any atom is 0.266 e. The van der Waals surface area contributed by atoms with Crippen LogP contribution in [-0.2, 0) is 11.3 Å². The molecule has 0 saturated carbocycles. The van der Waals surface area contributed by atoms with Crippen LogP contribution in [0.15, 0.2) is 77.7 Å². The lowest BCUT2D eigenvalue weighted by molar-refractivity contribution is -0.122. The first kappa shape index (κ1) is 24.0. The Kier molecular flexibility index (Phi) is 8.03. The SMILES string of the molecule is Cc1cc(C)cc(OCCCOc2ccccc2C=C2SC(=S)N(Cc3ccccc3)C2=O)c1. The third kappa shape index (κ3) is 6.27. The van der Waals surface area contributed by atoms with Gasteiger partial charge >= 0.3 is 0 Å². The van der Waals surface area contributed by atoms with Gasteiger partial charge in [-0.05, 0) is 54.8 Å². The fourth-order valence-corrected chi connectivity index (χ4v) is 4.97. The number of nitrogens with zero attached hydrogens (tertiary/aromatic N) is 1. The summed E-state index contributed by atoms with van der Waals surface area (Å²) in [4.78, 5) is 15.3. The summed E-state index contributed by atoms with van der Waals surface area (Å²) in [5.74, 6) is 1.55. The second-order valence-electron chi connectivity index (χ2n) is 8.17. The highest BCUT2D eigenvalue weighted by molar-refractivity contribution is 8.26. The second kappa shape index (κ2) is 11.4. The molecule has 1 fully saturated rings. The fraction of sp³-hybridized carbons (Fsp3) is 0.214. The van der Waals surface area contributed by atoms with Gasteiger partial charge in [-0.3, -0.25) is 9.69 Å². The number of para-hydroxylation sites is 1. The van der Waals surface area contributed by atoms with Crippen molar-refractivity contribution < 1.29 is 14.3 Å². The normalized spacial score (nSPS) is 14.6. The number of thioether (sulfide) groups is 1. The van der Waals surface area contributed by atoms with Gasteiger partial charge in [-0.25, -0.2) is 0 Å². The highest BCUT2D eigenvalue weighted by Crippen LogP contribution is 2.35. The molecule has 174 valence electrons. The molecule has 1 aliphatic heterocycles. The van der Waals surface area contributed by atoms with E-state index in [9.17, 15) is 4.79 Å². The van der Waals surface area contributed by atoms with Crippen LogP contribution in [-0.4, -0.2) is 28.3 Å². The first-order valence-corrected chi connectivity index (χ1v) is 12.4. The van der Waals surface area contributed by atoms with Crippen molar-refractivity contribution >= 4 is 40.3 Å². The van der Waals surface area contributed by atoms with Crippen LogP contribution in [0.4, 0.5) is 0 Å². The van der Waals surface area contributed by atoms with Gasteiger partial charge in [-0.15, -0.1) is 0 Å². The molecular formula is C28H27NO3S2. The van der Waals surface area contributed by atoms with E-state index in [1.165, 1.54) is 22.9 Å². The molecule has 1 heterocycles. The average molecular weight is 490 g/mol. The number of amides is 1. The highest BCUT2D eigenvalue weighted by atomic mass is 32.2. The Morgan fingerprint density at radius 3 is 2.35 bits per heavy atom. The molecule has 4 rings (SSSR count). The van der Waals surface area contributed by atoms with Gasteiger partial charge in [0.15, 0.2) is 0 Å². The summed E-state index contributed by atoms with van der Waals surface area (Å²) < 4.78 is 12.5. The monoisotopic (exact) mass is 489 g/mol. The Labute approximate surface area is 210 Å². The standard InChI is InChI=1S/C28H27NO3S2/c1-20-15-21(2)17-24(16-20)31-13-8-14-32-25-12-7-6-11-23(25)18-26-27(30)29(28(33)34-26)19-22-9-4-3-5-10-22/h3-7,9-12,15-18H,8,13-14,19H2,1-2H3. The Morgan fingerprint density at radius 1 is 0.912 bits per heavy atom. The van der Waals surface area contributed by atoms with E-state index in [2.05, 4.69) is 19.9 Å². The fourth-order valence-electron chi connectivity index (χ4n) is 3.72. The zero-order valence-electron chi connectivity index (χ0n) is 19.3. The third-order valence-corrected chi connectivity index (χ3v) is 6.65. The Balaban J connectivity index is 1.35. The number of thiocarbonyl (C=S) groups is 1. The van der Waals surface area contributed by atoms with Gasteiger partial charge in [-0.1, -0.05) is 78.6 Å². The Morgan fingerprint density at radius 2 is 1.59 bits per heavy atom. The number of ether oxygens (including phenoxy) is 2. The topological polar surface area (TPSA) is 38.8 Å². The minimum Gasteiger partial charge on any atom is -0.493 e. The van der Waals surface area contributed by atoms with Crippen molar-refractivity contribution in [1.29, 1.82) is 0 Å². The van der Waals surface area contributed by atoms with Crippen LogP contribution in [0.2, 0.25) is 0 Å². The molecule has 3 aromatic rings. The third-order valence-electron chi connectivity index (χ3n) is 5.27. The van der Waals surface area contributed by atoms with E-state index < -0.39 is 0 Å². The van der Waals surface area contributed by atoms with E-state index in [-0.39, 0.29) is 5.91 Å². The molecule has 0 aliphatic carbocycles. The van der Waals surface area contributed by atoms with Crippen molar-refractivity contribution in [2.45, 2.75) is 26.8 Å². The van der Waals surface area contributed by atoms with E-state index in [0.29, 0.717) is 29.0 Å². The van der Waals surface area contributed by atoms with Crippen LogP contribution < -0.4 is 9.47 Å². The molecule has 1 saturated heterocycles. The molecule has 6 heteroatoms. The van der Waals surface area contributed by atoms with Crippen LogP contribution in [0, 0.1) is 13.8 Å². The van der Waals surface area contributed by atoms with Crippen molar-refractivity contribution in [3.05, 3.63) is 100.0 Å². The molecule has 4 nitrogen and oxygen atoms in total. The number of carbonyl (C=O) groups excluding carboxylic acids is 1. The van der Waals surface area contributed by atoms with Crippen LogP contribution in [0.3, 0.4) is 0 Å². The lowest BCUT2D eigenvalue weighted by Crippen LogP contribution is -2.27. The number of rotatable bonds is 9. The van der Waals surface area contributed by atoms with E-state index in [4.69, 9.17) is 21.7 Å². The van der Waals surface area contributed by atoms with Crippen molar-refractivity contribution in [2.24, 2.45) is 0 Å². The molecule has 0 bridgehead atoms. The molecule has 0 N–H and O–H groups in total. The van der Waals surface area contributed by atoms with Gasteiger partial charge in [0.1, 0.15) is 15.8 Å². The largest absolute Gasteiger partial charge is 0.493 e. The number of hydrogen-bond donors (Lipinski definition) is 0. The van der Waals surface area contributed by atoms with Gasteiger partial charge in [0.05, 0.1) is 24.7 Å². The van der Waals surface area contributed by atoms with Crippen molar-refractivity contribution in [3.63, 3.8) is 0 Å². The predicted molar refractivity (Wildman–Crippen MR) is 143 cm³/mol. The lowest BCUT2D eigenvalue weighted by Gasteiger charge is -2.14. The van der Waals surface area contributed by atoms with E-state index in [0.717, 1.165) is 29.0 Å². The van der Waals surface area contributed by atoms with Crippen LogP contribution in [0.25, 0.3) is 6.08 Å². The van der Waals surface area contributed by atoms with Gasteiger partial charge in [0, 0.05) is 12.0 Å². The van der Waals surface area contributed by atoms with E-state index in [1.807, 2.05) is 72.8 Å². The minimum absolute atomic E-state index is 0.0736. The van der Waals surface area contributed by atoms with Gasteiger partial charge in [0.25, 0.3) is 5.91 Å². The van der Waals surface area contributed by atoms with E-state index in [1.54, 1.807) is 4.90 Å². The van der Waals surface area contributed by atoms with Crippen molar-refractivity contribution in [3.8, 4) is 11.5 Å². The first-order valence-electron chi connectivity index (χ1n) is 11.2. The number of hydrogen-bond acceptors (Lipinski definition) is 5. The summed E-state index contributed by atoms with van der Waals surface area (Å²) in [6.45, 7) is 5.69. The number of aryl methyl sites for hydroxylation is 2. The summed E-state index contributed by atoms with van der Waals surface area (Å²) in [7, 11) is 0. The van der Waals surface area contributed by atoms with Crippen LogP contribution >= 0.6 is 24.0 Å². The van der Waals surface area contributed by atoms with Crippen LogP contribution in [0.5, 0.6) is 11.5 Å². The predicted octanol–water partition coefficient (Wildman–Crippen LogP) is 6.55. The first-order chi connectivity index (χ1) is 16.5. The van der Waals surface area contributed by atoms with Crippen molar-refractivity contribution in [2.75, 3.05) is 13.2 Å². The average Bonchev–Trinajstić information content (AvgIpc) is 3.07. The molecule has 1 amide bonds. The Hall–Kier alpha value is -3.09. The zero-order valence-corrected chi connectivity index (χ0v) is 21.0. The highest BCUT2D eigenvalue weighted by Gasteiger charge is 2.32. The molecule has 0 aromatic heterocycles. The van der Waals surface area contributed by atoms with Gasteiger partial charge in [-0.2, -0.15) is 0 Å². The summed E-state index contributed by atoms with van der Waals surface area (Å²) in [5.41, 5.74) is 4.29. The lowest BCUT2D eigenvalue weighted by atomic mass is 10.1. The number of carbonyl (C=O) groups is 1. The smallest absolute Gasteiger partial charge is 0.266 e. The van der Waals surface area contributed by atoms with Gasteiger partial charge < -0.3 is 9.47 Å². The minimum atomic E-state index is -0.0736. The van der Waals surface area contributed by atoms with Crippen molar-refractivity contribution in [1.82, 2.24) is 4.90 Å². The Bertz CT molecular complexity index is 1190. The maximum absolute atomic E-state index is 13.0. The molecule has 34 heavy (non-hydrogen) atoms. The zero-order chi connectivity index (χ0) is 23.9. The number of benzene rings is 3. The van der Waals surface area contributed by atoms with E-state index >= 15 is 0 Å². The summed E-state index contributed by atoms with van der Waals surface area (Å²) in [6, 6.07) is 23.8. The molecule has 0 spiro atoms. The molecule has 3 aromatic carbocycles. The molecule has 1 aliphatic rings. The summed E-state index contributed by atoms with van der Waals surface area (Å²) in [6.07, 6.45) is 2.62. The van der Waals surface area contributed by atoms with Crippen LogP contribution in [0.1, 0.15) is 28.7 Å². The second-order valence-corrected chi connectivity index (χ2v) is 9.84. The maximum atomic E-state index is 13.0. The van der Waals surface area contributed by atoms with Gasteiger partial charge in [0.2, 0.25) is 0 Å². The molecular weight excluding hydrogens is 462 g/mol. The molecule has 0 unspecified atom stereocenters. The molecule has 0 radical (unpaired) electrons. The summed E-state index contributed by atoms with van der Waals surface area (Å²) in [5, 5.41) is 0.